The third-order valence-corrected chi connectivity index (χ3v) is 5.81. The van der Waals surface area contributed by atoms with Gasteiger partial charge in [0.1, 0.15) is 0 Å². The number of rotatable bonds is 4. The van der Waals surface area contributed by atoms with Crippen molar-refractivity contribution in [2.45, 2.75) is 45.1 Å². The summed E-state index contributed by atoms with van der Waals surface area (Å²) in [5.74, 6) is 0.729. The Hall–Kier alpha value is -1.88. The van der Waals surface area contributed by atoms with Crippen molar-refractivity contribution in [3.05, 3.63) is 35.4 Å². The van der Waals surface area contributed by atoms with Crippen LogP contribution in [-0.2, 0) is 4.79 Å². The molecule has 0 spiro atoms. The van der Waals surface area contributed by atoms with Crippen LogP contribution in [0, 0.1) is 18.8 Å². The molecule has 2 fully saturated rings. The van der Waals surface area contributed by atoms with Gasteiger partial charge in [0.15, 0.2) is 0 Å². The minimum Gasteiger partial charge on any atom is -0.349 e. The highest BCUT2D eigenvalue weighted by Crippen LogP contribution is 2.33. The van der Waals surface area contributed by atoms with Crippen molar-refractivity contribution in [2.24, 2.45) is 17.6 Å². The predicted molar refractivity (Wildman–Crippen MR) is 98.1 cm³/mol. The Morgan fingerprint density at radius 1 is 1.16 bits per heavy atom. The highest BCUT2D eigenvalue weighted by atomic mass is 16.2. The van der Waals surface area contributed by atoms with E-state index in [4.69, 9.17) is 5.73 Å². The number of benzene rings is 1. The number of nitrogens with zero attached hydrogens (tertiary/aromatic N) is 1. The first-order valence-electron chi connectivity index (χ1n) is 9.45. The van der Waals surface area contributed by atoms with Gasteiger partial charge < -0.3 is 16.0 Å². The molecule has 1 aromatic carbocycles. The van der Waals surface area contributed by atoms with Gasteiger partial charge >= 0.3 is 0 Å². The van der Waals surface area contributed by atoms with E-state index in [0.29, 0.717) is 12.5 Å². The highest BCUT2D eigenvalue weighted by molar-refractivity contribution is 5.95. The maximum absolute atomic E-state index is 12.7. The van der Waals surface area contributed by atoms with Crippen molar-refractivity contribution in [1.29, 1.82) is 0 Å². The first-order valence-corrected chi connectivity index (χ1v) is 9.45. The second-order valence-electron chi connectivity index (χ2n) is 7.42. The fraction of sp³-hybridized carbons (Fsp3) is 0.600. The summed E-state index contributed by atoms with van der Waals surface area (Å²) in [5.41, 5.74) is 7.54. The monoisotopic (exact) mass is 343 g/mol. The summed E-state index contributed by atoms with van der Waals surface area (Å²) in [4.78, 5) is 27.2. The molecule has 0 unspecified atom stereocenters. The number of carbonyl (C=O) groups excluding carboxylic acids is 2. The second-order valence-corrected chi connectivity index (χ2v) is 7.42. The molecule has 1 saturated carbocycles. The number of aryl methyl sites for hydroxylation is 1. The Bertz CT molecular complexity index is 623. The number of amides is 2. The van der Waals surface area contributed by atoms with Crippen LogP contribution in [0.25, 0.3) is 0 Å². The van der Waals surface area contributed by atoms with Crippen molar-refractivity contribution in [3.8, 4) is 0 Å². The van der Waals surface area contributed by atoms with E-state index in [0.717, 1.165) is 56.3 Å². The fourth-order valence-corrected chi connectivity index (χ4v) is 4.21. The van der Waals surface area contributed by atoms with Gasteiger partial charge in [-0.25, -0.2) is 0 Å². The van der Waals surface area contributed by atoms with Crippen LogP contribution in [0.3, 0.4) is 0 Å². The van der Waals surface area contributed by atoms with Crippen molar-refractivity contribution in [2.75, 3.05) is 19.6 Å². The number of piperidine rings is 1. The molecular formula is C20H29N3O2. The Morgan fingerprint density at radius 3 is 2.56 bits per heavy atom. The Labute approximate surface area is 150 Å². The standard InChI is InChI=1S/C20H29N3O2/c1-14-5-2-3-7-17(14)19(24)22-16-9-11-23(12-10-16)20(25)18-8-4-6-15(18)13-21/h2-3,5,7,15-16,18H,4,6,8-13,21H2,1H3,(H,22,24)/t15-,18-/m1/s1. The van der Waals surface area contributed by atoms with Crippen LogP contribution in [-0.4, -0.2) is 42.4 Å². The number of carbonyl (C=O) groups is 2. The minimum atomic E-state index is -0.0122. The Kier molecular flexibility index (Phi) is 5.74. The number of hydrogen-bond donors (Lipinski definition) is 2. The van der Waals surface area contributed by atoms with Crippen LogP contribution in [0.15, 0.2) is 24.3 Å². The lowest BCUT2D eigenvalue weighted by Gasteiger charge is -2.35. The van der Waals surface area contributed by atoms with E-state index in [1.165, 1.54) is 0 Å². The summed E-state index contributed by atoms with van der Waals surface area (Å²) in [6.45, 7) is 4.02. The van der Waals surface area contributed by atoms with Crippen LogP contribution in [0.1, 0.15) is 48.0 Å². The van der Waals surface area contributed by atoms with Crippen LogP contribution < -0.4 is 11.1 Å². The third kappa shape index (κ3) is 4.03. The Balaban J connectivity index is 1.51. The van der Waals surface area contributed by atoms with Crippen molar-refractivity contribution >= 4 is 11.8 Å². The second kappa shape index (κ2) is 8.00. The molecule has 25 heavy (non-hydrogen) atoms. The van der Waals surface area contributed by atoms with Gasteiger partial charge in [-0.05, 0) is 56.7 Å². The van der Waals surface area contributed by atoms with Gasteiger partial charge in [0.2, 0.25) is 5.91 Å². The lowest BCUT2D eigenvalue weighted by atomic mass is 9.93. The van der Waals surface area contributed by atoms with E-state index in [1.807, 2.05) is 36.1 Å². The molecule has 3 rings (SSSR count). The average Bonchev–Trinajstić information content (AvgIpc) is 3.11. The van der Waals surface area contributed by atoms with Gasteiger partial charge in [-0.3, -0.25) is 9.59 Å². The number of hydrogen-bond acceptors (Lipinski definition) is 3. The molecule has 0 bridgehead atoms. The first kappa shape index (κ1) is 17.9. The summed E-state index contributed by atoms with van der Waals surface area (Å²) in [5, 5.41) is 3.13. The van der Waals surface area contributed by atoms with Gasteiger partial charge in [0.05, 0.1) is 0 Å². The molecule has 2 amide bonds. The van der Waals surface area contributed by atoms with Crippen LogP contribution in [0.5, 0.6) is 0 Å². The molecule has 0 aromatic heterocycles. The normalized spacial score (nSPS) is 24.3. The quantitative estimate of drug-likeness (QED) is 0.879. The van der Waals surface area contributed by atoms with Gasteiger partial charge in [-0.1, -0.05) is 24.6 Å². The van der Waals surface area contributed by atoms with Crippen molar-refractivity contribution in [3.63, 3.8) is 0 Å². The SMILES string of the molecule is Cc1ccccc1C(=O)NC1CCN(C(=O)[C@@H]2CCC[C@@H]2CN)CC1. The van der Waals surface area contributed by atoms with Crippen molar-refractivity contribution in [1.82, 2.24) is 10.2 Å². The molecule has 1 aromatic rings. The first-order chi connectivity index (χ1) is 12.1. The lowest BCUT2D eigenvalue weighted by molar-refractivity contribution is -0.137. The lowest BCUT2D eigenvalue weighted by Crippen LogP contribution is -2.48. The molecule has 0 radical (unpaired) electrons. The summed E-state index contributed by atoms with van der Waals surface area (Å²) >= 11 is 0. The van der Waals surface area contributed by atoms with Crippen LogP contribution in [0.2, 0.25) is 0 Å². The zero-order chi connectivity index (χ0) is 17.8. The number of nitrogens with two attached hydrogens (primary N) is 1. The molecule has 5 heteroatoms. The maximum Gasteiger partial charge on any atom is 0.251 e. The largest absolute Gasteiger partial charge is 0.349 e. The third-order valence-electron chi connectivity index (χ3n) is 5.81. The molecule has 3 N–H and O–H groups in total. The predicted octanol–water partition coefficient (Wildman–Crippen LogP) is 2.09. The Morgan fingerprint density at radius 2 is 1.88 bits per heavy atom. The molecule has 2 aliphatic rings. The molecular weight excluding hydrogens is 314 g/mol. The van der Waals surface area contributed by atoms with Crippen LogP contribution >= 0.6 is 0 Å². The van der Waals surface area contributed by atoms with E-state index >= 15 is 0 Å². The topological polar surface area (TPSA) is 75.4 Å². The minimum absolute atomic E-state index is 0.0122. The maximum atomic E-state index is 12.7. The average molecular weight is 343 g/mol. The summed E-state index contributed by atoms with van der Waals surface area (Å²) in [6, 6.07) is 7.78. The number of likely N-dealkylation sites (tertiary alicyclic amines) is 1. The number of nitrogens with one attached hydrogen (secondary N) is 1. The van der Waals surface area contributed by atoms with Crippen LogP contribution in [0.4, 0.5) is 0 Å². The summed E-state index contributed by atoms with van der Waals surface area (Å²) in [7, 11) is 0. The van der Waals surface area contributed by atoms with E-state index < -0.39 is 0 Å². The molecule has 136 valence electrons. The van der Waals surface area contributed by atoms with E-state index in [-0.39, 0.29) is 23.8 Å². The smallest absolute Gasteiger partial charge is 0.251 e. The van der Waals surface area contributed by atoms with Gasteiger partial charge in [0.25, 0.3) is 5.91 Å². The molecule has 5 nitrogen and oxygen atoms in total. The van der Waals surface area contributed by atoms with E-state index in [2.05, 4.69) is 5.32 Å². The zero-order valence-corrected chi connectivity index (χ0v) is 15.0. The molecule has 1 heterocycles. The zero-order valence-electron chi connectivity index (χ0n) is 15.0. The van der Waals surface area contributed by atoms with Crippen molar-refractivity contribution < 1.29 is 9.59 Å². The summed E-state index contributed by atoms with van der Waals surface area (Å²) < 4.78 is 0. The molecule has 1 aliphatic heterocycles. The fourth-order valence-electron chi connectivity index (χ4n) is 4.21. The molecule has 2 atom stereocenters. The van der Waals surface area contributed by atoms with E-state index in [9.17, 15) is 9.59 Å². The summed E-state index contributed by atoms with van der Waals surface area (Å²) in [6.07, 6.45) is 4.81. The molecule has 1 saturated heterocycles. The molecule has 1 aliphatic carbocycles. The highest BCUT2D eigenvalue weighted by Gasteiger charge is 2.36. The van der Waals surface area contributed by atoms with Gasteiger partial charge in [-0.15, -0.1) is 0 Å². The van der Waals surface area contributed by atoms with Gasteiger partial charge in [0, 0.05) is 30.6 Å². The van der Waals surface area contributed by atoms with E-state index in [1.54, 1.807) is 0 Å². The van der Waals surface area contributed by atoms with Gasteiger partial charge in [-0.2, -0.15) is 0 Å².